The molecule has 178 valence electrons. The molecule has 1 fully saturated rings. The number of piperidine rings is 1. The third-order valence-corrected chi connectivity index (χ3v) is 7.31. The van der Waals surface area contributed by atoms with Crippen LogP contribution in [0.3, 0.4) is 0 Å². The predicted octanol–water partition coefficient (Wildman–Crippen LogP) is 4.37. The van der Waals surface area contributed by atoms with Crippen molar-refractivity contribution in [1.29, 1.82) is 0 Å². The smallest absolute Gasteiger partial charge is 0.417 e. The summed E-state index contributed by atoms with van der Waals surface area (Å²) < 4.78 is 71.1. The molecule has 0 N–H and O–H groups in total. The van der Waals surface area contributed by atoms with Crippen molar-refractivity contribution in [2.75, 3.05) is 19.3 Å². The summed E-state index contributed by atoms with van der Waals surface area (Å²) >= 11 is 0. The number of halogens is 3. The molecule has 0 unspecified atom stereocenters. The maximum atomic E-state index is 13.0. The minimum absolute atomic E-state index is 0.131. The van der Waals surface area contributed by atoms with Gasteiger partial charge in [0, 0.05) is 42.5 Å². The number of rotatable bonds is 4. The summed E-state index contributed by atoms with van der Waals surface area (Å²) in [7, 11) is -3.20. The molecule has 11 heteroatoms. The summed E-state index contributed by atoms with van der Waals surface area (Å²) in [6.07, 6.45) is 2.02. The highest BCUT2D eigenvalue weighted by Gasteiger charge is 2.31. The van der Waals surface area contributed by atoms with Crippen LogP contribution >= 0.6 is 0 Å². The van der Waals surface area contributed by atoms with E-state index in [1.54, 1.807) is 12.4 Å². The Morgan fingerprint density at radius 1 is 1.03 bits per heavy atom. The van der Waals surface area contributed by atoms with E-state index in [9.17, 15) is 21.6 Å². The molecule has 0 radical (unpaired) electrons. The molecule has 0 atom stereocenters. The SMILES string of the molecule is CS(=O)(=O)N1CCC(Oc2cc3cc(-c4cnn5cc(C(F)(F)F)ccc45)ccc3cn2)CC1. The molecule has 3 aromatic heterocycles. The van der Waals surface area contributed by atoms with Gasteiger partial charge in [-0.05, 0) is 42.0 Å². The fourth-order valence-electron chi connectivity index (χ4n) is 4.18. The highest BCUT2D eigenvalue weighted by molar-refractivity contribution is 7.88. The summed E-state index contributed by atoms with van der Waals surface area (Å²) in [5, 5.41) is 5.85. The molecule has 34 heavy (non-hydrogen) atoms. The molecule has 0 amide bonds. The number of pyridine rings is 2. The molecule has 7 nitrogen and oxygen atoms in total. The number of ether oxygens (including phenoxy) is 1. The largest absolute Gasteiger partial charge is 0.474 e. The van der Waals surface area contributed by atoms with E-state index in [4.69, 9.17) is 4.74 Å². The molecule has 5 rings (SSSR count). The van der Waals surface area contributed by atoms with Gasteiger partial charge in [0.25, 0.3) is 0 Å². The number of aromatic nitrogens is 3. The van der Waals surface area contributed by atoms with Gasteiger partial charge in [0.15, 0.2) is 0 Å². The van der Waals surface area contributed by atoms with E-state index in [-0.39, 0.29) is 6.10 Å². The number of benzene rings is 1. The molecular weight excluding hydrogens is 469 g/mol. The predicted molar refractivity (Wildman–Crippen MR) is 121 cm³/mol. The quantitative estimate of drug-likeness (QED) is 0.425. The lowest BCUT2D eigenvalue weighted by Crippen LogP contribution is -2.41. The summed E-state index contributed by atoms with van der Waals surface area (Å²) in [4.78, 5) is 4.37. The molecule has 0 aliphatic carbocycles. The second-order valence-corrected chi connectivity index (χ2v) is 10.3. The Morgan fingerprint density at radius 3 is 2.50 bits per heavy atom. The van der Waals surface area contributed by atoms with Gasteiger partial charge in [-0.1, -0.05) is 12.1 Å². The first-order valence-corrected chi connectivity index (χ1v) is 12.5. The topological polar surface area (TPSA) is 76.8 Å². The van der Waals surface area contributed by atoms with Crippen LogP contribution in [-0.4, -0.2) is 52.8 Å². The van der Waals surface area contributed by atoms with Gasteiger partial charge in [-0.2, -0.15) is 18.3 Å². The van der Waals surface area contributed by atoms with Crippen LogP contribution in [0.5, 0.6) is 5.88 Å². The van der Waals surface area contributed by atoms with Crippen molar-refractivity contribution in [3.8, 4) is 17.0 Å². The van der Waals surface area contributed by atoms with Crippen molar-refractivity contribution in [1.82, 2.24) is 18.9 Å². The first-order chi connectivity index (χ1) is 16.1. The zero-order valence-electron chi connectivity index (χ0n) is 18.2. The fourth-order valence-corrected chi connectivity index (χ4v) is 5.05. The fraction of sp³-hybridized carbons (Fsp3) is 0.304. The molecule has 0 spiro atoms. The molecule has 4 aromatic rings. The number of sulfonamides is 1. The lowest BCUT2D eigenvalue weighted by molar-refractivity contribution is -0.137. The Labute approximate surface area is 193 Å². The van der Waals surface area contributed by atoms with Gasteiger partial charge in [0.05, 0.1) is 23.5 Å². The van der Waals surface area contributed by atoms with E-state index in [0.717, 1.165) is 28.6 Å². The van der Waals surface area contributed by atoms with Crippen LogP contribution in [0.1, 0.15) is 18.4 Å². The number of nitrogens with zero attached hydrogens (tertiary/aromatic N) is 4. The maximum absolute atomic E-state index is 13.0. The maximum Gasteiger partial charge on any atom is 0.417 e. The van der Waals surface area contributed by atoms with Crippen molar-refractivity contribution < 1.29 is 26.3 Å². The van der Waals surface area contributed by atoms with Gasteiger partial charge in [0.2, 0.25) is 15.9 Å². The number of alkyl halides is 3. The molecular formula is C23H21F3N4O3S. The van der Waals surface area contributed by atoms with Crippen LogP contribution in [-0.2, 0) is 16.2 Å². The van der Waals surface area contributed by atoms with Crippen LogP contribution in [0, 0.1) is 0 Å². The van der Waals surface area contributed by atoms with Crippen molar-refractivity contribution in [2.45, 2.75) is 25.1 Å². The van der Waals surface area contributed by atoms with Crippen molar-refractivity contribution in [3.63, 3.8) is 0 Å². The molecule has 1 aliphatic heterocycles. The third kappa shape index (κ3) is 4.45. The Kier molecular flexibility index (Phi) is 5.48. The zero-order valence-corrected chi connectivity index (χ0v) is 19.0. The van der Waals surface area contributed by atoms with E-state index >= 15 is 0 Å². The number of hydrogen-bond donors (Lipinski definition) is 0. The summed E-state index contributed by atoms with van der Waals surface area (Å²) in [6.45, 7) is 0.817. The lowest BCUT2D eigenvalue weighted by Gasteiger charge is -2.30. The first kappa shape index (κ1) is 22.6. The number of fused-ring (bicyclic) bond motifs is 2. The lowest BCUT2D eigenvalue weighted by atomic mass is 10.0. The van der Waals surface area contributed by atoms with Gasteiger partial charge in [-0.3, -0.25) is 0 Å². The van der Waals surface area contributed by atoms with Crippen LogP contribution in [0.25, 0.3) is 27.4 Å². The number of hydrogen-bond acceptors (Lipinski definition) is 5. The van der Waals surface area contributed by atoms with Gasteiger partial charge >= 0.3 is 6.18 Å². The van der Waals surface area contributed by atoms with E-state index < -0.39 is 21.8 Å². The minimum atomic E-state index is -4.44. The average molecular weight is 491 g/mol. The van der Waals surface area contributed by atoms with Gasteiger partial charge in [-0.15, -0.1) is 0 Å². The van der Waals surface area contributed by atoms with Crippen molar-refractivity contribution in [3.05, 3.63) is 60.6 Å². The molecule has 4 heterocycles. The summed E-state index contributed by atoms with van der Waals surface area (Å²) in [5.74, 6) is 0.442. The Balaban J connectivity index is 1.40. The van der Waals surface area contributed by atoms with Crippen LogP contribution in [0.2, 0.25) is 0 Å². The Bertz CT molecular complexity index is 1480. The van der Waals surface area contributed by atoms with E-state index in [0.29, 0.717) is 42.9 Å². The van der Waals surface area contributed by atoms with Crippen LogP contribution in [0.15, 0.2) is 55.0 Å². The Hall–Kier alpha value is -3.18. The molecule has 0 bridgehead atoms. The second kappa shape index (κ2) is 8.24. The van der Waals surface area contributed by atoms with Crippen LogP contribution in [0.4, 0.5) is 13.2 Å². The summed E-state index contributed by atoms with van der Waals surface area (Å²) in [5.41, 5.74) is 1.32. The van der Waals surface area contributed by atoms with E-state index in [1.165, 1.54) is 21.1 Å². The molecule has 1 saturated heterocycles. The van der Waals surface area contributed by atoms with E-state index in [1.807, 2.05) is 24.3 Å². The third-order valence-electron chi connectivity index (χ3n) is 6.01. The van der Waals surface area contributed by atoms with Gasteiger partial charge in [-0.25, -0.2) is 22.2 Å². The standard InChI is InChI=1S/C23H21F3N4O3S/c1-34(31,32)29-8-6-19(7-9-29)33-22-11-17-10-15(2-3-16(17)12-27-22)20-13-28-30-14-18(23(24,25)26)4-5-21(20)30/h2-5,10-14,19H,6-9H2,1H3. The normalized spacial score (nSPS) is 16.4. The minimum Gasteiger partial charge on any atom is -0.474 e. The van der Waals surface area contributed by atoms with Gasteiger partial charge < -0.3 is 4.74 Å². The van der Waals surface area contributed by atoms with Crippen molar-refractivity contribution in [2.24, 2.45) is 0 Å². The summed E-state index contributed by atoms with van der Waals surface area (Å²) in [6, 6.07) is 9.96. The van der Waals surface area contributed by atoms with E-state index in [2.05, 4.69) is 10.1 Å². The molecule has 1 aliphatic rings. The monoisotopic (exact) mass is 490 g/mol. The highest BCUT2D eigenvalue weighted by atomic mass is 32.2. The molecule has 1 aromatic carbocycles. The first-order valence-electron chi connectivity index (χ1n) is 10.6. The van der Waals surface area contributed by atoms with Crippen LogP contribution < -0.4 is 4.74 Å². The molecule has 0 saturated carbocycles. The Morgan fingerprint density at radius 2 is 1.79 bits per heavy atom. The van der Waals surface area contributed by atoms with Crippen molar-refractivity contribution >= 4 is 26.3 Å². The average Bonchev–Trinajstić information content (AvgIpc) is 3.21. The second-order valence-electron chi connectivity index (χ2n) is 8.37. The zero-order chi connectivity index (χ0) is 24.1. The van der Waals surface area contributed by atoms with Gasteiger partial charge in [0.1, 0.15) is 6.10 Å². The highest BCUT2D eigenvalue weighted by Crippen LogP contribution is 2.33.